The lowest BCUT2D eigenvalue weighted by molar-refractivity contribution is 0.0950. The lowest BCUT2D eigenvalue weighted by Crippen LogP contribution is -2.45. The minimum Gasteiger partial charge on any atom is -0.361 e. The molecule has 36 heavy (non-hydrogen) atoms. The Kier molecular flexibility index (Phi) is 5.40. The van der Waals surface area contributed by atoms with Gasteiger partial charge in [-0.2, -0.15) is 0 Å². The molecule has 5 aromatic rings. The molecule has 0 unspecified atom stereocenters. The zero-order valence-electron chi connectivity index (χ0n) is 19.3. The summed E-state index contributed by atoms with van der Waals surface area (Å²) in [5.74, 6) is -0.739. The highest BCUT2D eigenvalue weighted by molar-refractivity contribution is 7.89. The lowest BCUT2D eigenvalue weighted by Gasteiger charge is -2.26. The van der Waals surface area contributed by atoms with Crippen LogP contribution >= 0.6 is 11.6 Å². The van der Waals surface area contributed by atoms with Crippen molar-refractivity contribution in [1.82, 2.24) is 20.0 Å². The van der Waals surface area contributed by atoms with Gasteiger partial charge < -0.3 is 15.3 Å². The number of amides is 1. The predicted molar refractivity (Wildman–Crippen MR) is 141 cm³/mol. The fraction of sp³-hybridized carbons (Fsp3) is 0.148. The van der Waals surface area contributed by atoms with Gasteiger partial charge in [-0.3, -0.25) is 4.79 Å². The minimum absolute atomic E-state index is 0.117. The molecule has 4 N–H and O–H groups in total. The molecule has 6 rings (SSSR count). The maximum Gasteiger partial charge on any atom is 0.268 e. The Hall–Kier alpha value is -3.59. The molecule has 3 heterocycles. The Morgan fingerprint density at radius 1 is 0.972 bits per heavy atom. The van der Waals surface area contributed by atoms with E-state index in [4.69, 9.17) is 11.6 Å². The van der Waals surface area contributed by atoms with E-state index < -0.39 is 22.0 Å². The molecule has 182 valence electrons. The summed E-state index contributed by atoms with van der Waals surface area (Å²) in [6.07, 6.45) is 1.88. The van der Waals surface area contributed by atoms with E-state index in [1.54, 1.807) is 24.3 Å². The first-order valence-electron chi connectivity index (χ1n) is 11.6. The normalized spacial score (nSPS) is 18.2. The van der Waals surface area contributed by atoms with Crippen molar-refractivity contribution >= 4 is 49.3 Å². The molecular weight excluding hydrogens is 496 g/mol. The van der Waals surface area contributed by atoms with Gasteiger partial charge in [-0.15, -0.1) is 0 Å². The Morgan fingerprint density at radius 2 is 1.75 bits per heavy atom. The summed E-state index contributed by atoms with van der Waals surface area (Å²) in [5.41, 5.74) is 4.68. The monoisotopic (exact) mass is 518 g/mol. The van der Waals surface area contributed by atoms with E-state index in [1.807, 2.05) is 55.6 Å². The second kappa shape index (κ2) is 8.51. The SMILES string of the molecule is Cc1ccc(S(=O)(=O)N[C@@H]2CNC(=O)c3[nH]c4ccccc4c3[C@H]2c2c[nH]c3cc(Cl)ccc23)cc1. The summed E-state index contributed by atoms with van der Waals surface area (Å²) in [7, 11) is -3.88. The predicted octanol–water partition coefficient (Wildman–Crippen LogP) is 4.83. The van der Waals surface area contributed by atoms with Gasteiger partial charge in [-0.1, -0.05) is 53.6 Å². The molecule has 0 bridgehead atoms. The smallest absolute Gasteiger partial charge is 0.268 e. The van der Waals surface area contributed by atoms with Gasteiger partial charge in [0.1, 0.15) is 5.69 Å². The number of rotatable bonds is 4. The molecule has 0 spiro atoms. The van der Waals surface area contributed by atoms with E-state index in [1.165, 1.54) is 0 Å². The number of halogens is 1. The van der Waals surface area contributed by atoms with Crippen LogP contribution in [-0.2, 0) is 10.0 Å². The second-order valence-electron chi connectivity index (χ2n) is 9.12. The molecule has 1 aliphatic heterocycles. The Balaban J connectivity index is 1.57. The van der Waals surface area contributed by atoms with Crippen LogP contribution in [0.3, 0.4) is 0 Å². The molecule has 0 radical (unpaired) electrons. The van der Waals surface area contributed by atoms with Gasteiger partial charge in [0.2, 0.25) is 10.0 Å². The number of benzene rings is 3. The van der Waals surface area contributed by atoms with Crippen molar-refractivity contribution in [3.63, 3.8) is 0 Å². The third kappa shape index (κ3) is 3.78. The van der Waals surface area contributed by atoms with Crippen LogP contribution in [0.1, 0.15) is 33.1 Å². The number of hydrogen-bond acceptors (Lipinski definition) is 3. The Morgan fingerprint density at radius 3 is 2.56 bits per heavy atom. The maximum atomic E-state index is 13.5. The van der Waals surface area contributed by atoms with Crippen molar-refractivity contribution in [3.8, 4) is 0 Å². The summed E-state index contributed by atoms with van der Waals surface area (Å²) < 4.78 is 29.9. The van der Waals surface area contributed by atoms with Gasteiger partial charge in [0.15, 0.2) is 0 Å². The topological polar surface area (TPSA) is 107 Å². The number of carbonyl (C=O) groups excluding carboxylic acids is 1. The number of nitrogens with one attached hydrogen (secondary N) is 4. The molecule has 7 nitrogen and oxygen atoms in total. The van der Waals surface area contributed by atoms with Gasteiger partial charge in [0.25, 0.3) is 5.91 Å². The minimum atomic E-state index is -3.88. The maximum absolute atomic E-state index is 13.5. The number of carbonyl (C=O) groups is 1. The van der Waals surface area contributed by atoms with E-state index in [-0.39, 0.29) is 17.3 Å². The van der Waals surface area contributed by atoms with E-state index in [0.717, 1.165) is 38.5 Å². The number of fused-ring (bicyclic) bond motifs is 4. The highest BCUT2D eigenvalue weighted by Gasteiger charge is 2.38. The molecular formula is C27H23ClN4O3S. The van der Waals surface area contributed by atoms with E-state index in [2.05, 4.69) is 20.0 Å². The summed E-state index contributed by atoms with van der Waals surface area (Å²) in [4.78, 5) is 19.9. The first-order chi connectivity index (χ1) is 17.3. The zero-order chi connectivity index (χ0) is 25.0. The standard InChI is InChI=1S/C27H23ClN4O3S/c1-15-6-9-17(10-7-15)36(34,35)32-23-14-30-27(33)26-25(19-4-2-3-5-21(19)31-26)24(23)20-13-29-22-12-16(28)8-11-18(20)22/h2-13,23-24,29,31-32H,14H2,1H3,(H,30,33)/t23-,24+/m1/s1. The van der Waals surface area contributed by atoms with Crippen molar-refractivity contribution in [3.05, 3.63) is 100 Å². The van der Waals surface area contributed by atoms with Crippen LogP contribution < -0.4 is 10.0 Å². The van der Waals surface area contributed by atoms with Gasteiger partial charge in [-0.05, 0) is 48.4 Å². The average molecular weight is 519 g/mol. The Labute approximate surface area is 212 Å². The molecule has 0 saturated heterocycles. The molecule has 3 aromatic carbocycles. The lowest BCUT2D eigenvalue weighted by atomic mass is 9.84. The van der Waals surface area contributed by atoms with Crippen LogP contribution in [0.5, 0.6) is 0 Å². The number of para-hydroxylation sites is 1. The highest BCUT2D eigenvalue weighted by atomic mass is 35.5. The van der Waals surface area contributed by atoms with Crippen molar-refractivity contribution < 1.29 is 13.2 Å². The molecule has 0 fully saturated rings. The summed E-state index contributed by atoms with van der Waals surface area (Å²) in [5, 5.41) is 5.30. The van der Waals surface area contributed by atoms with Gasteiger partial charge in [0, 0.05) is 45.5 Å². The highest BCUT2D eigenvalue weighted by Crippen LogP contribution is 2.41. The van der Waals surface area contributed by atoms with Gasteiger partial charge in [-0.25, -0.2) is 13.1 Å². The fourth-order valence-corrected chi connectivity index (χ4v) is 6.54. The first-order valence-corrected chi connectivity index (χ1v) is 13.4. The first kappa shape index (κ1) is 22.8. The average Bonchev–Trinajstić information content (AvgIpc) is 3.41. The van der Waals surface area contributed by atoms with Crippen LogP contribution in [0.4, 0.5) is 0 Å². The number of aromatic nitrogens is 2. The molecule has 1 aliphatic rings. The fourth-order valence-electron chi connectivity index (χ4n) is 5.12. The number of sulfonamides is 1. The van der Waals surface area contributed by atoms with Crippen LogP contribution in [0.15, 0.2) is 77.8 Å². The Bertz CT molecular complexity index is 1740. The summed E-state index contributed by atoms with van der Waals surface area (Å²) in [6, 6.07) is 19.3. The van der Waals surface area contributed by atoms with Gasteiger partial charge in [0.05, 0.1) is 10.9 Å². The van der Waals surface area contributed by atoms with Gasteiger partial charge >= 0.3 is 0 Å². The van der Waals surface area contributed by atoms with Crippen LogP contribution in [0.2, 0.25) is 5.02 Å². The molecule has 1 amide bonds. The summed E-state index contributed by atoms with van der Waals surface area (Å²) >= 11 is 6.22. The third-order valence-corrected chi connectivity index (χ3v) is 8.56. The second-order valence-corrected chi connectivity index (χ2v) is 11.3. The van der Waals surface area contributed by atoms with Crippen molar-refractivity contribution in [2.75, 3.05) is 6.54 Å². The molecule has 0 saturated carbocycles. The van der Waals surface area contributed by atoms with Crippen molar-refractivity contribution in [2.24, 2.45) is 0 Å². The quantitative estimate of drug-likeness (QED) is 0.273. The summed E-state index contributed by atoms with van der Waals surface area (Å²) in [6.45, 7) is 2.02. The van der Waals surface area contributed by atoms with Crippen LogP contribution in [0, 0.1) is 6.92 Å². The number of aryl methyl sites for hydroxylation is 1. The largest absolute Gasteiger partial charge is 0.361 e. The van der Waals surface area contributed by atoms with Crippen LogP contribution in [0.25, 0.3) is 21.8 Å². The van der Waals surface area contributed by atoms with E-state index >= 15 is 0 Å². The molecule has 2 atom stereocenters. The number of aromatic amines is 2. The third-order valence-electron chi connectivity index (χ3n) is 6.82. The number of H-pyrrole nitrogens is 2. The molecule has 9 heteroatoms. The zero-order valence-corrected chi connectivity index (χ0v) is 20.9. The van der Waals surface area contributed by atoms with E-state index in [9.17, 15) is 13.2 Å². The molecule has 0 aliphatic carbocycles. The number of hydrogen-bond donors (Lipinski definition) is 4. The van der Waals surface area contributed by atoms with Crippen molar-refractivity contribution in [1.29, 1.82) is 0 Å². The van der Waals surface area contributed by atoms with E-state index in [0.29, 0.717) is 10.7 Å². The molecule has 2 aromatic heterocycles. The van der Waals surface area contributed by atoms with Crippen molar-refractivity contribution in [2.45, 2.75) is 23.8 Å². The van der Waals surface area contributed by atoms with Crippen LogP contribution in [-0.4, -0.2) is 36.9 Å².